The van der Waals surface area contributed by atoms with Gasteiger partial charge < -0.3 is 9.72 Å². The van der Waals surface area contributed by atoms with Gasteiger partial charge in [0, 0.05) is 12.3 Å². The Morgan fingerprint density at radius 1 is 1.27 bits per heavy atom. The fraction of sp³-hybridized carbons (Fsp3) is 0.294. The lowest BCUT2D eigenvalue weighted by atomic mass is 9.90. The molecule has 0 spiro atoms. The fourth-order valence-corrected chi connectivity index (χ4v) is 2.63. The summed E-state index contributed by atoms with van der Waals surface area (Å²) < 4.78 is 5.27. The summed E-state index contributed by atoms with van der Waals surface area (Å²) in [5.41, 5.74) is 4.66. The summed E-state index contributed by atoms with van der Waals surface area (Å²) in [6.45, 7) is 1.90. The van der Waals surface area contributed by atoms with E-state index in [-0.39, 0.29) is 5.56 Å². The summed E-state index contributed by atoms with van der Waals surface area (Å²) >= 11 is 0. The summed E-state index contributed by atoms with van der Waals surface area (Å²) in [7, 11) is 1.67. The standard InChI is InChI=1S/C17H17N3O2/c1-11-10-18-17(21)9-16(11)20-19-15-5-3-4-12-8-13(22-2)6-7-14(12)15/h6-10H,3-5H2,1-2H3/p+1. The molecule has 3 rings (SSSR count). The normalized spacial score (nSPS) is 13.3. The summed E-state index contributed by atoms with van der Waals surface area (Å²) in [5, 5.41) is 4.27. The molecule has 1 aromatic carbocycles. The van der Waals surface area contributed by atoms with Gasteiger partial charge in [0.25, 0.3) is 0 Å². The number of fused-ring (bicyclic) bond motifs is 1. The van der Waals surface area contributed by atoms with E-state index in [0.29, 0.717) is 5.69 Å². The molecule has 1 aliphatic carbocycles. The van der Waals surface area contributed by atoms with Gasteiger partial charge in [-0.15, -0.1) is 0 Å². The lowest BCUT2D eigenvalue weighted by Gasteiger charge is -2.11. The van der Waals surface area contributed by atoms with Crippen LogP contribution in [0, 0.1) is 6.92 Å². The monoisotopic (exact) mass is 296 g/mol. The fourth-order valence-electron chi connectivity index (χ4n) is 2.63. The number of benzene rings is 1. The van der Waals surface area contributed by atoms with Crippen LogP contribution in [0.1, 0.15) is 29.5 Å². The van der Waals surface area contributed by atoms with Crippen molar-refractivity contribution in [3.8, 4) is 5.75 Å². The van der Waals surface area contributed by atoms with Crippen LogP contribution in [0.5, 0.6) is 5.75 Å². The first-order valence-corrected chi connectivity index (χ1v) is 7.31. The molecule has 112 valence electrons. The highest BCUT2D eigenvalue weighted by Gasteiger charge is 2.24. The van der Waals surface area contributed by atoms with Crippen LogP contribution in [0.15, 0.2) is 40.4 Å². The molecule has 2 aromatic rings. The summed E-state index contributed by atoms with van der Waals surface area (Å²) in [4.78, 5) is 18.4. The lowest BCUT2D eigenvalue weighted by Crippen LogP contribution is -2.13. The Hall–Kier alpha value is -2.65. The molecule has 0 unspecified atom stereocenters. The Bertz CT molecular complexity index is 830. The second-order valence-corrected chi connectivity index (χ2v) is 5.39. The zero-order valence-electron chi connectivity index (χ0n) is 12.7. The van der Waals surface area contributed by atoms with Crippen molar-refractivity contribution < 1.29 is 9.53 Å². The molecule has 0 saturated carbocycles. The highest BCUT2D eigenvalue weighted by Crippen LogP contribution is 2.25. The van der Waals surface area contributed by atoms with Gasteiger partial charge in [-0.25, -0.2) is 0 Å². The molecule has 1 heterocycles. The van der Waals surface area contributed by atoms with E-state index in [9.17, 15) is 4.79 Å². The van der Waals surface area contributed by atoms with Crippen molar-refractivity contribution in [1.29, 1.82) is 0 Å². The Morgan fingerprint density at radius 3 is 2.95 bits per heavy atom. The average Bonchev–Trinajstić information content (AvgIpc) is 2.55. The molecule has 1 aromatic heterocycles. The minimum absolute atomic E-state index is 0.168. The molecule has 22 heavy (non-hydrogen) atoms. The molecule has 0 amide bonds. The van der Waals surface area contributed by atoms with Gasteiger partial charge >= 0.3 is 5.71 Å². The number of rotatable bonds is 2. The third kappa shape index (κ3) is 2.85. The second-order valence-electron chi connectivity index (χ2n) is 5.39. The third-order valence-electron chi connectivity index (χ3n) is 3.86. The number of methoxy groups -OCH3 is 1. The molecule has 0 bridgehead atoms. The molecule has 5 nitrogen and oxygen atoms in total. The van der Waals surface area contributed by atoms with Crippen molar-refractivity contribution in [3.63, 3.8) is 0 Å². The number of ether oxygens (including phenoxy) is 1. The second kappa shape index (κ2) is 6.00. The van der Waals surface area contributed by atoms with Crippen LogP contribution in [0.2, 0.25) is 0 Å². The molecule has 0 radical (unpaired) electrons. The van der Waals surface area contributed by atoms with Gasteiger partial charge in [-0.2, -0.15) is 0 Å². The highest BCUT2D eigenvalue weighted by atomic mass is 16.5. The number of nitrogens with zero attached hydrogens (tertiary/aromatic N) is 2. The quantitative estimate of drug-likeness (QED) is 0.684. The third-order valence-corrected chi connectivity index (χ3v) is 3.86. The van der Waals surface area contributed by atoms with Gasteiger partial charge in [-0.1, -0.05) is 0 Å². The summed E-state index contributed by atoms with van der Waals surface area (Å²) in [6.07, 6.45) is 4.62. The predicted octanol–water partition coefficient (Wildman–Crippen LogP) is 2.81. The van der Waals surface area contributed by atoms with Crippen molar-refractivity contribution >= 4 is 11.4 Å². The van der Waals surface area contributed by atoms with Gasteiger partial charge in [-0.3, -0.25) is 4.79 Å². The van der Waals surface area contributed by atoms with Gasteiger partial charge in [0.05, 0.1) is 23.9 Å². The molecule has 0 aliphatic heterocycles. The Balaban J connectivity index is 2.05. The van der Waals surface area contributed by atoms with Gasteiger partial charge in [0.15, 0.2) is 5.69 Å². The van der Waals surface area contributed by atoms with Crippen LogP contribution in [0.4, 0.5) is 5.69 Å². The van der Waals surface area contributed by atoms with E-state index in [4.69, 9.17) is 4.74 Å². The predicted molar refractivity (Wildman–Crippen MR) is 84.2 cm³/mol. The SMILES string of the molecule is COc1ccc2c(c1)CCCC2=[N+]=Nc1cc(=O)[nH]cc1C. The molecular formula is C17H18N3O2+. The number of aromatic amines is 1. The maximum atomic E-state index is 11.4. The van der Waals surface area contributed by atoms with E-state index in [1.165, 1.54) is 11.6 Å². The zero-order valence-corrected chi connectivity index (χ0v) is 12.7. The molecule has 1 aliphatic rings. The van der Waals surface area contributed by atoms with E-state index in [1.807, 2.05) is 19.1 Å². The van der Waals surface area contributed by atoms with Crippen molar-refractivity contribution in [2.24, 2.45) is 5.11 Å². The molecule has 0 fully saturated rings. The van der Waals surface area contributed by atoms with Crippen LogP contribution in [-0.2, 0) is 6.42 Å². The number of nitrogens with one attached hydrogen (secondary N) is 1. The number of hydrogen-bond donors (Lipinski definition) is 1. The van der Waals surface area contributed by atoms with Crippen molar-refractivity contribution in [2.45, 2.75) is 26.2 Å². The zero-order chi connectivity index (χ0) is 15.5. The number of H-pyrrole nitrogens is 1. The number of pyridine rings is 1. The molecule has 0 saturated heterocycles. The maximum absolute atomic E-state index is 11.4. The van der Waals surface area contributed by atoms with Crippen LogP contribution in [0.3, 0.4) is 0 Å². The summed E-state index contributed by atoms with van der Waals surface area (Å²) in [6, 6.07) is 7.50. The van der Waals surface area contributed by atoms with E-state index in [1.54, 1.807) is 13.3 Å². The van der Waals surface area contributed by atoms with E-state index < -0.39 is 0 Å². The molecular weight excluding hydrogens is 278 g/mol. The van der Waals surface area contributed by atoms with Crippen LogP contribution >= 0.6 is 0 Å². The van der Waals surface area contributed by atoms with E-state index >= 15 is 0 Å². The van der Waals surface area contributed by atoms with Crippen molar-refractivity contribution in [3.05, 3.63) is 57.5 Å². The van der Waals surface area contributed by atoms with Crippen LogP contribution in [0.25, 0.3) is 0 Å². The van der Waals surface area contributed by atoms with Gasteiger partial charge in [0.1, 0.15) is 10.9 Å². The number of aromatic nitrogens is 1. The van der Waals surface area contributed by atoms with E-state index in [2.05, 4.69) is 21.0 Å². The molecule has 5 heteroatoms. The minimum atomic E-state index is -0.168. The van der Waals surface area contributed by atoms with Crippen molar-refractivity contribution in [1.82, 2.24) is 4.98 Å². The lowest BCUT2D eigenvalue weighted by molar-refractivity contribution is -0.0794. The van der Waals surface area contributed by atoms with E-state index in [0.717, 1.165) is 41.9 Å². The average molecular weight is 296 g/mol. The number of aryl methyl sites for hydroxylation is 2. The topological polar surface area (TPSA) is 68.5 Å². The largest absolute Gasteiger partial charge is 0.497 e. The highest BCUT2D eigenvalue weighted by molar-refractivity contribution is 5.98. The van der Waals surface area contributed by atoms with Gasteiger partial charge in [0.2, 0.25) is 5.56 Å². The molecule has 1 N–H and O–H groups in total. The van der Waals surface area contributed by atoms with Crippen LogP contribution < -0.4 is 10.3 Å². The van der Waals surface area contributed by atoms with Crippen LogP contribution in [-0.4, -0.2) is 22.6 Å². The maximum Gasteiger partial charge on any atom is 0.349 e. The first-order valence-electron chi connectivity index (χ1n) is 7.31. The minimum Gasteiger partial charge on any atom is -0.497 e. The van der Waals surface area contributed by atoms with Crippen molar-refractivity contribution in [2.75, 3.05) is 7.11 Å². The Morgan fingerprint density at radius 2 is 2.14 bits per heavy atom. The van der Waals surface area contributed by atoms with Gasteiger partial charge in [-0.05, 0) is 49.1 Å². The molecule has 0 atom stereocenters. The first-order chi connectivity index (χ1) is 10.7. The Kier molecular flexibility index (Phi) is 3.90. The Labute approximate surface area is 128 Å². The summed E-state index contributed by atoms with van der Waals surface area (Å²) in [5.74, 6) is 0.863. The number of hydrogen-bond acceptors (Lipinski definition) is 3. The first kappa shape index (κ1) is 14.3. The smallest absolute Gasteiger partial charge is 0.349 e.